The number of nitrogens with one attached hydrogen (secondary N) is 1. The summed E-state index contributed by atoms with van der Waals surface area (Å²) in [6.45, 7) is 10.8. The number of hydrogen-bond donors (Lipinski definition) is 1. The maximum Gasteiger partial charge on any atom is 0.262 e. The van der Waals surface area contributed by atoms with Crippen LogP contribution in [0.2, 0.25) is 0 Å². The van der Waals surface area contributed by atoms with Gasteiger partial charge in [0.05, 0.1) is 23.5 Å². The van der Waals surface area contributed by atoms with Crippen molar-refractivity contribution in [3.8, 4) is 0 Å². The maximum absolute atomic E-state index is 15.0. The van der Waals surface area contributed by atoms with Crippen molar-refractivity contribution >= 4 is 45.6 Å². The van der Waals surface area contributed by atoms with Crippen LogP contribution in [0.15, 0.2) is 66.7 Å². The summed E-state index contributed by atoms with van der Waals surface area (Å²) in [4.78, 5) is 46.7. The molecule has 3 aliphatic rings. The molecule has 226 valence electrons. The molecule has 4 aromatic carbocycles. The van der Waals surface area contributed by atoms with Crippen molar-refractivity contribution in [2.24, 2.45) is 0 Å². The van der Waals surface area contributed by atoms with Crippen molar-refractivity contribution in [3.05, 3.63) is 112 Å². The van der Waals surface area contributed by atoms with Gasteiger partial charge < -0.3 is 4.90 Å². The first-order valence-electron chi connectivity index (χ1n) is 14.9. The second kappa shape index (κ2) is 11.4. The van der Waals surface area contributed by atoms with E-state index in [9.17, 15) is 18.8 Å². The van der Waals surface area contributed by atoms with E-state index < -0.39 is 23.7 Å². The minimum atomic E-state index is -0.871. The fourth-order valence-corrected chi connectivity index (χ4v) is 6.70. The topological polar surface area (TPSA) is 77.3 Å². The van der Waals surface area contributed by atoms with E-state index in [1.165, 1.54) is 17.0 Å². The van der Waals surface area contributed by atoms with E-state index in [0.29, 0.717) is 42.0 Å². The summed E-state index contributed by atoms with van der Waals surface area (Å²) in [5.41, 5.74) is 4.45. The molecule has 1 unspecified atom stereocenters. The number of hydrogen-bond acceptors (Lipinski definition) is 5. The molecule has 3 aliphatic heterocycles. The molecule has 0 spiro atoms. The van der Waals surface area contributed by atoms with Crippen molar-refractivity contribution in [2.75, 3.05) is 36.0 Å². The molecular weight excluding hydrogens is 576 g/mol. The highest BCUT2D eigenvalue weighted by molar-refractivity contribution is 6.27. The Morgan fingerprint density at radius 2 is 1.58 bits per heavy atom. The Bertz CT molecular complexity index is 1910. The molecule has 2 fully saturated rings. The fraction of sp³-hybridized carbons (Fsp3) is 0.257. The summed E-state index contributed by atoms with van der Waals surface area (Å²) in [6, 6.07) is 18.8. The third kappa shape index (κ3) is 5.19. The zero-order chi connectivity index (χ0) is 31.2. The number of halogens is 2. The van der Waals surface area contributed by atoms with Gasteiger partial charge in [0.25, 0.3) is 5.91 Å². The molecule has 3 amide bonds. The molecule has 0 aromatic heterocycles. The Labute approximate surface area is 258 Å². The fourth-order valence-electron chi connectivity index (χ4n) is 6.70. The average molecular weight is 606 g/mol. The van der Waals surface area contributed by atoms with Crippen LogP contribution >= 0.6 is 0 Å². The number of carbonyl (C=O) groups excluding carboxylic acids is 3. The van der Waals surface area contributed by atoms with Crippen LogP contribution in [0.1, 0.15) is 39.9 Å². The second-order valence-corrected chi connectivity index (χ2v) is 11.7. The number of anilines is 2. The van der Waals surface area contributed by atoms with Gasteiger partial charge in [0.15, 0.2) is 5.69 Å². The molecule has 4 aromatic rings. The molecule has 0 bridgehead atoms. The van der Waals surface area contributed by atoms with Crippen LogP contribution in [-0.2, 0) is 22.6 Å². The van der Waals surface area contributed by atoms with Crippen molar-refractivity contribution in [1.82, 2.24) is 10.2 Å². The summed E-state index contributed by atoms with van der Waals surface area (Å²) < 4.78 is 29.5. The zero-order valence-electron chi connectivity index (χ0n) is 24.4. The highest BCUT2D eigenvalue weighted by Gasteiger charge is 2.42. The van der Waals surface area contributed by atoms with Crippen molar-refractivity contribution in [3.63, 3.8) is 0 Å². The largest absolute Gasteiger partial charge is 0.367 e. The molecule has 10 heteroatoms. The summed E-state index contributed by atoms with van der Waals surface area (Å²) >= 11 is 0. The highest BCUT2D eigenvalue weighted by Crippen LogP contribution is 2.42. The number of benzene rings is 4. The van der Waals surface area contributed by atoms with Gasteiger partial charge in [-0.3, -0.25) is 29.5 Å². The molecule has 0 aliphatic carbocycles. The van der Waals surface area contributed by atoms with Crippen LogP contribution in [-0.4, -0.2) is 54.8 Å². The molecule has 1 atom stereocenters. The lowest BCUT2D eigenvalue weighted by molar-refractivity contribution is -0.134. The second-order valence-electron chi connectivity index (χ2n) is 11.7. The van der Waals surface area contributed by atoms with E-state index in [2.05, 4.69) is 39.3 Å². The Hall–Kier alpha value is -5.14. The molecule has 7 rings (SSSR count). The first-order valence-corrected chi connectivity index (χ1v) is 14.9. The third-order valence-electron chi connectivity index (χ3n) is 9.01. The van der Waals surface area contributed by atoms with E-state index in [0.717, 1.165) is 41.7 Å². The van der Waals surface area contributed by atoms with Gasteiger partial charge in [0.2, 0.25) is 11.8 Å². The third-order valence-corrected chi connectivity index (χ3v) is 9.01. The maximum atomic E-state index is 15.0. The molecular formula is C35H29F2N5O3. The molecule has 3 heterocycles. The highest BCUT2D eigenvalue weighted by atomic mass is 19.1. The van der Waals surface area contributed by atoms with Gasteiger partial charge in [-0.1, -0.05) is 42.5 Å². The van der Waals surface area contributed by atoms with Crippen molar-refractivity contribution in [2.45, 2.75) is 31.8 Å². The lowest BCUT2D eigenvalue weighted by Gasteiger charge is -2.36. The van der Waals surface area contributed by atoms with Crippen LogP contribution in [0.25, 0.3) is 15.6 Å². The number of rotatable bonds is 6. The van der Waals surface area contributed by atoms with Crippen LogP contribution in [0.3, 0.4) is 0 Å². The number of piperazine rings is 1. The Kier molecular flexibility index (Phi) is 7.26. The van der Waals surface area contributed by atoms with Crippen molar-refractivity contribution in [1.29, 1.82) is 0 Å². The average Bonchev–Trinajstić information content (AvgIpc) is 3.34. The number of carbonyl (C=O) groups is 3. The monoisotopic (exact) mass is 605 g/mol. The summed E-state index contributed by atoms with van der Waals surface area (Å²) in [7, 11) is 0. The summed E-state index contributed by atoms with van der Waals surface area (Å²) in [5, 5.41) is 3.55. The summed E-state index contributed by atoms with van der Waals surface area (Å²) in [5.74, 6) is -2.48. The van der Waals surface area contributed by atoms with E-state index >= 15 is 4.39 Å². The van der Waals surface area contributed by atoms with Gasteiger partial charge in [0.1, 0.15) is 17.7 Å². The molecule has 2 saturated heterocycles. The van der Waals surface area contributed by atoms with E-state index in [1.54, 1.807) is 24.3 Å². The van der Waals surface area contributed by atoms with Gasteiger partial charge in [-0.2, -0.15) is 0 Å². The minimum absolute atomic E-state index is 0.0346. The molecule has 1 N–H and O–H groups in total. The van der Waals surface area contributed by atoms with Crippen LogP contribution in [0, 0.1) is 18.2 Å². The lowest BCUT2D eigenvalue weighted by Crippen LogP contribution is -2.53. The standard InChI is InChI=1S/C35H29F2N5O3/c1-38-24-7-11-28(27(37)19-24)41-16-14-40(15-17-41)20-22-4-2-21(3-5-22)18-23-6-10-29-32-25(23)8-9-26(36)33(32)35(45)42(29)30-12-13-31(43)39-34(30)44/h2-11,19,30H,12-18,20H2,(H,39,43,44). The zero-order valence-corrected chi connectivity index (χ0v) is 24.4. The van der Waals surface area contributed by atoms with Gasteiger partial charge in [0, 0.05) is 44.5 Å². The van der Waals surface area contributed by atoms with E-state index in [4.69, 9.17) is 6.57 Å². The summed E-state index contributed by atoms with van der Waals surface area (Å²) in [6.07, 6.45) is 0.880. The Morgan fingerprint density at radius 1 is 0.844 bits per heavy atom. The molecule has 8 nitrogen and oxygen atoms in total. The first-order chi connectivity index (χ1) is 21.8. The van der Waals surface area contributed by atoms with Crippen LogP contribution in [0.4, 0.5) is 25.8 Å². The predicted molar refractivity (Wildman–Crippen MR) is 166 cm³/mol. The van der Waals surface area contributed by atoms with Crippen molar-refractivity contribution < 1.29 is 23.2 Å². The van der Waals surface area contributed by atoms with Gasteiger partial charge in [-0.05, 0) is 59.2 Å². The SMILES string of the molecule is [C-]#[N+]c1ccc(N2CCN(Cc3ccc(Cc4ccc5c6c(c(F)ccc46)C(=O)N5C4CCC(=O)NC4=O)cc3)CC2)c(F)c1. The Balaban J connectivity index is 1.05. The normalized spacial score (nSPS) is 18.4. The minimum Gasteiger partial charge on any atom is -0.367 e. The predicted octanol–water partition coefficient (Wildman–Crippen LogP) is 5.35. The smallest absolute Gasteiger partial charge is 0.262 e. The quantitative estimate of drug-likeness (QED) is 0.237. The van der Waals surface area contributed by atoms with Crippen LogP contribution in [0.5, 0.6) is 0 Å². The number of piperidine rings is 1. The molecule has 0 saturated carbocycles. The number of imide groups is 1. The van der Waals surface area contributed by atoms with Crippen LogP contribution < -0.4 is 15.1 Å². The van der Waals surface area contributed by atoms with E-state index in [-0.39, 0.29) is 30.1 Å². The van der Waals surface area contributed by atoms with E-state index in [1.807, 2.05) is 11.0 Å². The first kappa shape index (κ1) is 28.6. The van der Waals surface area contributed by atoms with Gasteiger partial charge in [-0.15, -0.1) is 0 Å². The lowest BCUT2D eigenvalue weighted by atomic mass is 9.95. The van der Waals surface area contributed by atoms with Gasteiger partial charge >= 0.3 is 0 Å². The molecule has 0 radical (unpaired) electrons. The van der Waals surface area contributed by atoms with Gasteiger partial charge in [-0.25, -0.2) is 13.6 Å². The molecule has 45 heavy (non-hydrogen) atoms. The Morgan fingerprint density at radius 3 is 2.29 bits per heavy atom. The number of amides is 3. The number of nitrogens with zero attached hydrogens (tertiary/aromatic N) is 4.